The van der Waals surface area contributed by atoms with Gasteiger partial charge in [0.05, 0.1) is 0 Å². The second-order valence-corrected chi connectivity index (χ2v) is 17.1. The molecule has 6 nitrogen and oxygen atoms in total. The Hall–Kier alpha value is -2.11. The van der Waals surface area contributed by atoms with Crippen LogP contribution in [0.2, 0.25) is 0 Å². The van der Waals surface area contributed by atoms with E-state index in [9.17, 15) is 14.4 Å². The lowest BCUT2D eigenvalue weighted by Crippen LogP contribution is -2.30. The van der Waals surface area contributed by atoms with E-state index in [1.807, 2.05) is 0 Å². The SMILES string of the molecule is CCCC/C=C\CCCCCCC(=O)OCC(COC(=O)CCCCCCCCC/C=C\CCCCCCCCCC)OC(=O)CCCCCCCCCCCCC. The fraction of sp³-hybridized carbons (Fsp3) is 0.865. The van der Waals surface area contributed by atoms with Gasteiger partial charge in [-0.3, -0.25) is 14.4 Å². The third-order valence-electron chi connectivity index (χ3n) is 11.2. The van der Waals surface area contributed by atoms with E-state index in [1.165, 1.54) is 154 Å². The molecule has 0 saturated carbocycles. The van der Waals surface area contributed by atoms with E-state index in [2.05, 4.69) is 45.1 Å². The molecule has 0 aliphatic heterocycles. The molecule has 340 valence electrons. The van der Waals surface area contributed by atoms with Crippen LogP contribution in [0, 0.1) is 0 Å². The Balaban J connectivity index is 4.27. The Labute approximate surface area is 360 Å². The van der Waals surface area contributed by atoms with Gasteiger partial charge in [0.1, 0.15) is 13.2 Å². The van der Waals surface area contributed by atoms with Crippen molar-refractivity contribution in [3.63, 3.8) is 0 Å². The number of carbonyl (C=O) groups is 3. The summed E-state index contributed by atoms with van der Waals surface area (Å²) in [5.74, 6) is -0.883. The molecular weight excluding hydrogens is 721 g/mol. The first-order valence-corrected chi connectivity index (χ1v) is 25.3. The second-order valence-electron chi connectivity index (χ2n) is 17.1. The molecule has 0 aromatic carbocycles. The van der Waals surface area contributed by atoms with E-state index in [1.54, 1.807) is 0 Å². The number of unbranched alkanes of at least 4 members (excludes halogenated alkanes) is 31. The Morgan fingerprint density at radius 1 is 0.328 bits per heavy atom. The quantitative estimate of drug-likeness (QED) is 0.0263. The lowest BCUT2D eigenvalue weighted by Gasteiger charge is -2.18. The van der Waals surface area contributed by atoms with Crippen LogP contribution in [0.3, 0.4) is 0 Å². The molecule has 6 heteroatoms. The van der Waals surface area contributed by atoms with Gasteiger partial charge in [-0.2, -0.15) is 0 Å². The Morgan fingerprint density at radius 3 is 0.914 bits per heavy atom. The minimum Gasteiger partial charge on any atom is -0.462 e. The van der Waals surface area contributed by atoms with Crippen LogP contribution in [0.4, 0.5) is 0 Å². The fourth-order valence-corrected chi connectivity index (χ4v) is 7.30. The molecule has 0 amide bonds. The molecule has 0 rings (SSSR count). The van der Waals surface area contributed by atoms with Crippen LogP contribution in [-0.2, 0) is 28.6 Å². The van der Waals surface area contributed by atoms with Crippen LogP contribution < -0.4 is 0 Å². The Bertz CT molecular complexity index is 942. The summed E-state index contributed by atoms with van der Waals surface area (Å²) in [6.07, 6.45) is 53.1. The van der Waals surface area contributed by atoms with Crippen LogP contribution in [-0.4, -0.2) is 37.2 Å². The standard InChI is InChI=1S/C52H96O6/c1-4-7-10-13-16-19-22-23-24-25-26-27-28-29-31-33-36-39-42-45-51(54)57-48-49(47-56-50(53)44-41-38-35-32-21-18-15-12-9-6-3)58-52(55)46-43-40-37-34-30-20-17-14-11-8-5-2/h15,18,25-26,49H,4-14,16-17,19-24,27-48H2,1-3H3/b18-15-,26-25-. The Kier molecular flexibility index (Phi) is 45.8. The zero-order valence-corrected chi connectivity index (χ0v) is 38.8. The molecule has 0 aromatic heterocycles. The molecule has 58 heavy (non-hydrogen) atoms. The first-order chi connectivity index (χ1) is 28.5. The van der Waals surface area contributed by atoms with E-state index in [0.717, 1.165) is 77.0 Å². The largest absolute Gasteiger partial charge is 0.462 e. The number of ether oxygens (including phenoxy) is 3. The number of carbonyl (C=O) groups excluding carboxylic acids is 3. The molecule has 1 unspecified atom stereocenters. The zero-order valence-electron chi connectivity index (χ0n) is 38.8. The summed E-state index contributed by atoms with van der Waals surface area (Å²) in [6, 6.07) is 0. The van der Waals surface area contributed by atoms with E-state index < -0.39 is 6.10 Å². The number of esters is 3. The minimum absolute atomic E-state index is 0.0740. The number of hydrogen-bond acceptors (Lipinski definition) is 6. The summed E-state index contributed by atoms with van der Waals surface area (Å²) in [4.78, 5) is 37.8. The van der Waals surface area contributed by atoms with Gasteiger partial charge < -0.3 is 14.2 Å². The maximum absolute atomic E-state index is 12.7. The third-order valence-corrected chi connectivity index (χ3v) is 11.2. The van der Waals surface area contributed by atoms with Crippen molar-refractivity contribution >= 4 is 17.9 Å². The molecule has 0 spiro atoms. The summed E-state index contributed by atoms with van der Waals surface area (Å²) in [5.41, 5.74) is 0. The molecule has 0 radical (unpaired) electrons. The van der Waals surface area contributed by atoms with Crippen molar-refractivity contribution < 1.29 is 28.6 Å². The van der Waals surface area contributed by atoms with Gasteiger partial charge in [0, 0.05) is 19.3 Å². The summed E-state index contributed by atoms with van der Waals surface area (Å²) < 4.78 is 16.7. The first-order valence-electron chi connectivity index (χ1n) is 25.3. The molecule has 1 atom stereocenters. The average Bonchev–Trinajstić information content (AvgIpc) is 3.22. The van der Waals surface area contributed by atoms with Crippen LogP contribution in [0.1, 0.15) is 271 Å². The van der Waals surface area contributed by atoms with E-state index in [0.29, 0.717) is 19.3 Å². The first kappa shape index (κ1) is 55.9. The van der Waals surface area contributed by atoms with Crippen molar-refractivity contribution in [2.24, 2.45) is 0 Å². The molecule has 0 N–H and O–H groups in total. The molecular formula is C52H96O6. The highest BCUT2D eigenvalue weighted by Gasteiger charge is 2.19. The minimum atomic E-state index is -0.771. The predicted molar refractivity (Wildman–Crippen MR) is 247 cm³/mol. The topological polar surface area (TPSA) is 78.9 Å². The van der Waals surface area contributed by atoms with Crippen LogP contribution in [0.5, 0.6) is 0 Å². The lowest BCUT2D eigenvalue weighted by molar-refractivity contribution is -0.167. The summed E-state index contributed by atoms with van der Waals surface area (Å²) in [5, 5.41) is 0. The summed E-state index contributed by atoms with van der Waals surface area (Å²) >= 11 is 0. The fourth-order valence-electron chi connectivity index (χ4n) is 7.30. The van der Waals surface area contributed by atoms with Crippen molar-refractivity contribution in [2.45, 2.75) is 277 Å². The number of rotatable bonds is 46. The highest BCUT2D eigenvalue weighted by molar-refractivity contribution is 5.71. The zero-order chi connectivity index (χ0) is 42.3. The lowest BCUT2D eigenvalue weighted by atomic mass is 10.1. The Morgan fingerprint density at radius 2 is 0.586 bits per heavy atom. The number of hydrogen-bond donors (Lipinski definition) is 0. The smallest absolute Gasteiger partial charge is 0.306 e. The van der Waals surface area contributed by atoms with Crippen LogP contribution >= 0.6 is 0 Å². The molecule has 0 aliphatic rings. The van der Waals surface area contributed by atoms with E-state index in [4.69, 9.17) is 14.2 Å². The van der Waals surface area contributed by atoms with Gasteiger partial charge in [0.15, 0.2) is 6.10 Å². The van der Waals surface area contributed by atoms with E-state index in [-0.39, 0.29) is 31.1 Å². The van der Waals surface area contributed by atoms with Gasteiger partial charge in [0.25, 0.3) is 0 Å². The highest BCUT2D eigenvalue weighted by Crippen LogP contribution is 2.15. The molecule has 0 saturated heterocycles. The third kappa shape index (κ3) is 45.0. The van der Waals surface area contributed by atoms with Crippen LogP contribution in [0.25, 0.3) is 0 Å². The van der Waals surface area contributed by atoms with Crippen molar-refractivity contribution in [1.29, 1.82) is 0 Å². The maximum atomic E-state index is 12.7. The van der Waals surface area contributed by atoms with E-state index >= 15 is 0 Å². The van der Waals surface area contributed by atoms with Gasteiger partial charge >= 0.3 is 17.9 Å². The molecule has 0 heterocycles. The molecule has 0 aromatic rings. The van der Waals surface area contributed by atoms with Crippen molar-refractivity contribution in [1.82, 2.24) is 0 Å². The molecule has 0 aliphatic carbocycles. The van der Waals surface area contributed by atoms with Crippen LogP contribution in [0.15, 0.2) is 24.3 Å². The predicted octanol–water partition coefficient (Wildman–Crippen LogP) is 16.4. The highest BCUT2D eigenvalue weighted by atomic mass is 16.6. The van der Waals surface area contributed by atoms with Gasteiger partial charge in [0.2, 0.25) is 0 Å². The normalized spacial score (nSPS) is 12.1. The number of allylic oxidation sites excluding steroid dienone is 4. The summed E-state index contributed by atoms with van der Waals surface area (Å²) in [6.45, 7) is 6.59. The maximum Gasteiger partial charge on any atom is 0.306 e. The monoisotopic (exact) mass is 817 g/mol. The molecule has 0 bridgehead atoms. The molecule has 0 fully saturated rings. The van der Waals surface area contributed by atoms with Crippen molar-refractivity contribution in [2.75, 3.05) is 13.2 Å². The van der Waals surface area contributed by atoms with Gasteiger partial charge in [-0.1, -0.05) is 212 Å². The van der Waals surface area contributed by atoms with Gasteiger partial charge in [-0.05, 0) is 64.2 Å². The average molecular weight is 817 g/mol. The van der Waals surface area contributed by atoms with Gasteiger partial charge in [-0.15, -0.1) is 0 Å². The van der Waals surface area contributed by atoms with Crippen molar-refractivity contribution in [3.8, 4) is 0 Å². The second kappa shape index (κ2) is 47.6. The summed E-state index contributed by atoms with van der Waals surface area (Å²) in [7, 11) is 0. The van der Waals surface area contributed by atoms with Crippen molar-refractivity contribution in [3.05, 3.63) is 24.3 Å². The van der Waals surface area contributed by atoms with Gasteiger partial charge in [-0.25, -0.2) is 0 Å².